The highest BCUT2D eigenvalue weighted by atomic mass is 16.2. The van der Waals surface area contributed by atoms with Gasteiger partial charge in [-0.15, -0.1) is 0 Å². The van der Waals surface area contributed by atoms with Crippen LogP contribution in [0.4, 0.5) is 4.79 Å². The van der Waals surface area contributed by atoms with Crippen molar-refractivity contribution in [1.82, 2.24) is 20.1 Å². The Labute approximate surface area is 150 Å². The van der Waals surface area contributed by atoms with Gasteiger partial charge in [-0.1, -0.05) is 20.8 Å². The van der Waals surface area contributed by atoms with E-state index in [1.165, 1.54) is 0 Å². The van der Waals surface area contributed by atoms with E-state index in [-0.39, 0.29) is 18.1 Å². The van der Waals surface area contributed by atoms with Gasteiger partial charge < -0.3 is 15.2 Å². The second-order valence-electron chi connectivity index (χ2n) is 8.24. The van der Waals surface area contributed by atoms with Crippen molar-refractivity contribution in [1.29, 1.82) is 0 Å². The summed E-state index contributed by atoms with van der Waals surface area (Å²) >= 11 is 0. The van der Waals surface area contributed by atoms with E-state index >= 15 is 0 Å². The number of amides is 2. The van der Waals surface area contributed by atoms with Crippen LogP contribution in [0.2, 0.25) is 0 Å². The van der Waals surface area contributed by atoms with E-state index < -0.39 is 0 Å². The van der Waals surface area contributed by atoms with E-state index in [9.17, 15) is 9.59 Å². The highest BCUT2D eigenvalue weighted by Gasteiger charge is 2.22. The zero-order valence-electron chi connectivity index (χ0n) is 16.2. The first-order chi connectivity index (χ1) is 11.7. The van der Waals surface area contributed by atoms with E-state index in [0.29, 0.717) is 11.0 Å². The quantitative estimate of drug-likeness (QED) is 0.877. The molecule has 0 saturated carbocycles. The molecule has 2 N–H and O–H groups in total. The molecule has 2 heterocycles. The van der Waals surface area contributed by atoms with E-state index in [1.54, 1.807) is 0 Å². The van der Waals surface area contributed by atoms with Gasteiger partial charge >= 0.3 is 6.03 Å². The minimum atomic E-state index is -0.121. The zero-order chi connectivity index (χ0) is 18.6. The maximum absolute atomic E-state index is 12.4. The molecule has 1 aromatic rings. The second kappa shape index (κ2) is 8.04. The smallest absolute Gasteiger partial charge is 0.317 e. The fourth-order valence-corrected chi connectivity index (χ4v) is 3.05. The van der Waals surface area contributed by atoms with Gasteiger partial charge in [0, 0.05) is 37.4 Å². The summed E-state index contributed by atoms with van der Waals surface area (Å²) < 4.78 is 0. The highest BCUT2D eigenvalue weighted by molar-refractivity contribution is 5.74. The lowest BCUT2D eigenvalue weighted by Gasteiger charge is -2.35. The van der Waals surface area contributed by atoms with Gasteiger partial charge in [0.1, 0.15) is 0 Å². The van der Waals surface area contributed by atoms with Crippen LogP contribution in [0.5, 0.6) is 0 Å². The number of rotatable bonds is 4. The largest absolute Gasteiger partial charge is 0.334 e. The fourth-order valence-electron chi connectivity index (χ4n) is 3.05. The molecule has 2 amide bonds. The van der Waals surface area contributed by atoms with Crippen molar-refractivity contribution in [2.45, 2.75) is 47.6 Å². The third kappa shape index (κ3) is 5.88. The minimum Gasteiger partial charge on any atom is -0.334 e. The van der Waals surface area contributed by atoms with Crippen molar-refractivity contribution in [2.24, 2.45) is 5.41 Å². The molecule has 1 aromatic heterocycles. The minimum absolute atomic E-state index is 0.0881. The molecule has 6 heteroatoms. The Kier molecular flexibility index (Phi) is 6.27. The van der Waals surface area contributed by atoms with Crippen molar-refractivity contribution >= 4 is 6.03 Å². The first-order valence-corrected chi connectivity index (χ1v) is 9.10. The monoisotopic (exact) mass is 348 g/mol. The summed E-state index contributed by atoms with van der Waals surface area (Å²) in [7, 11) is 0. The van der Waals surface area contributed by atoms with Gasteiger partial charge in [0.2, 0.25) is 0 Å². The molecule has 0 bridgehead atoms. The Morgan fingerprint density at radius 2 is 1.84 bits per heavy atom. The van der Waals surface area contributed by atoms with E-state index in [0.717, 1.165) is 50.4 Å². The summed E-state index contributed by atoms with van der Waals surface area (Å²) in [5, 5.41) is 2.89. The standard InChI is InChI=1S/C19H32N4O2/c1-14-12-15(2)21-17(24)16(14)13-20-18(25)23-10-8-22(9-11-23)7-6-19(3,4)5/h12H,6-11,13H2,1-5H3,(H,20,25)(H,21,24). The van der Waals surface area contributed by atoms with Crippen LogP contribution >= 0.6 is 0 Å². The average Bonchev–Trinajstić information content (AvgIpc) is 2.51. The summed E-state index contributed by atoms with van der Waals surface area (Å²) in [6.07, 6.45) is 1.16. The number of urea groups is 1. The van der Waals surface area contributed by atoms with Crippen LogP contribution in [-0.4, -0.2) is 53.5 Å². The van der Waals surface area contributed by atoms with E-state index in [4.69, 9.17) is 0 Å². The van der Waals surface area contributed by atoms with Crippen LogP contribution < -0.4 is 10.9 Å². The molecule has 1 aliphatic heterocycles. The third-order valence-corrected chi connectivity index (χ3v) is 4.75. The molecular formula is C19H32N4O2. The number of H-pyrrole nitrogens is 1. The Bertz CT molecular complexity index is 652. The number of nitrogens with one attached hydrogen (secondary N) is 2. The van der Waals surface area contributed by atoms with Crippen LogP contribution in [0.15, 0.2) is 10.9 Å². The molecule has 1 aliphatic rings. The van der Waals surface area contributed by atoms with Crippen LogP contribution in [0, 0.1) is 19.3 Å². The normalized spacial score (nSPS) is 16.1. The second-order valence-corrected chi connectivity index (χ2v) is 8.24. The van der Waals surface area contributed by atoms with Crippen molar-refractivity contribution in [3.8, 4) is 0 Å². The van der Waals surface area contributed by atoms with Gasteiger partial charge in [0.05, 0.1) is 6.54 Å². The van der Waals surface area contributed by atoms with Gasteiger partial charge in [-0.2, -0.15) is 0 Å². The Balaban J connectivity index is 1.81. The molecule has 0 aliphatic carbocycles. The van der Waals surface area contributed by atoms with Gasteiger partial charge in [-0.05, 0) is 43.9 Å². The average molecular weight is 348 g/mol. The maximum atomic E-state index is 12.4. The zero-order valence-corrected chi connectivity index (χ0v) is 16.2. The molecule has 2 rings (SSSR count). The van der Waals surface area contributed by atoms with Crippen molar-refractivity contribution < 1.29 is 4.79 Å². The van der Waals surface area contributed by atoms with Crippen molar-refractivity contribution in [3.63, 3.8) is 0 Å². The predicted molar refractivity (Wildman–Crippen MR) is 101 cm³/mol. The number of aromatic amines is 1. The summed E-state index contributed by atoms with van der Waals surface area (Å²) in [4.78, 5) is 31.4. The number of pyridine rings is 1. The first kappa shape index (κ1) is 19.5. The number of hydrogen-bond donors (Lipinski definition) is 2. The van der Waals surface area contributed by atoms with Crippen molar-refractivity contribution in [3.05, 3.63) is 33.2 Å². The molecule has 0 radical (unpaired) electrons. The van der Waals surface area contributed by atoms with Crippen molar-refractivity contribution in [2.75, 3.05) is 32.7 Å². The molecule has 0 unspecified atom stereocenters. The lowest BCUT2D eigenvalue weighted by molar-refractivity contribution is 0.129. The lowest BCUT2D eigenvalue weighted by atomic mass is 9.92. The molecule has 0 aromatic carbocycles. The number of aromatic nitrogens is 1. The summed E-state index contributed by atoms with van der Waals surface area (Å²) in [5.41, 5.74) is 2.60. The van der Waals surface area contributed by atoms with Gasteiger partial charge in [-0.3, -0.25) is 9.69 Å². The summed E-state index contributed by atoms with van der Waals surface area (Å²) in [6, 6.07) is 1.84. The van der Waals surface area contributed by atoms with Crippen LogP contribution in [0.1, 0.15) is 44.0 Å². The molecule has 1 saturated heterocycles. The Morgan fingerprint density at radius 1 is 1.20 bits per heavy atom. The maximum Gasteiger partial charge on any atom is 0.317 e. The number of nitrogens with zero attached hydrogens (tertiary/aromatic N) is 2. The molecular weight excluding hydrogens is 316 g/mol. The van der Waals surface area contributed by atoms with Gasteiger partial charge in [-0.25, -0.2) is 4.79 Å². The molecule has 140 valence electrons. The Morgan fingerprint density at radius 3 is 2.40 bits per heavy atom. The molecule has 1 fully saturated rings. The first-order valence-electron chi connectivity index (χ1n) is 9.10. The fraction of sp³-hybridized carbons (Fsp3) is 0.684. The predicted octanol–water partition coefficient (Wildman–Crippen LogP) is 2.26. The number of carbonyl (C=O) groups excluding carboxylic acids is 1. The van der Waals surface area contributed by atoms with E-state index in [1.807, 2.05) is 24.8 Å². The Hall–Kier alpha value is -1.82. The SMILES string of the molecule is Cc1cc(C)c(CNC(=O)N2CCN(CCC(C)(C)C)CC2)c(=O)[nH]1. The van der Waals surface area contributed by atoms with Crippen LogP contribution in [0.25, 0.3) is 0 Å². The number of hydrogen-bond acceptors (Lipinski definition) is 3. The number of aryl methyl sites for hydroxylation is 2. The third-order valence-electron chi connectivity index (χ3n) is 4.75. The lowest BCUT2D eigenvalue weighted by Crippen LogP contribution is -2.52. The van der Waals surface area contributed by atoms with E-state index in [2.05, 4.69) is 36.0 Å². The van der Waals surface area contributed by atoms with Gasteiger partial charge in [0.25, 0.3) is 5.56 Å². The van der Waals surface area contributed by atoms with Crippen LogP contribution in [-0.2, 0) is 6.54 Å². The summed E-state index contributed by atoms with van der Waals surface area (Å²) in [6.45, 7) is 15.2. The molecule has 0 spiro atoms. The van der Waals surface area contributed by atoms with Crippen LogP contribution in [0.3, 0.4) is 0 Å². The molecule has 6 nitrogen and oxygen atoms in total. The number of piperazine rings is 1. The topological polar surface area (TPSA) is 68.4 Å². The molecule has 0 atom stereocenters. The number of carbonyl (C=O) groups is 1. The summed E-state index contributed by atoms with van der Waals surface area (Å²) in [5.74, 6) is 0. The van der Waals surface area contributed by atoms with Gasteiger partial charge in [0.15, 0.2) is 0 Å². The molecule has 25 heavy (non-hydrogen) atoms. The highest BCUT2D eigenvalue weighted by Crippen LogP contribution is 2.19.